The van der Waals surface area contributed by atoms with E-state index in [1.165, 1.54) is 5.69 Å². The average Bonchev–Trinajstić information content (AvgIpc) is 2.47. The molecule has 0 amide bonds. The van der Waals surface area contributed by atoms with Crippen molar-refractivity contribution in [2.45, 2.75) is 51.7 Å². The van der Waals surface area contributed by atoms with E-state index in [2.05, 4.69) is 30.3 Å². The fourth-order valence-corrected chi connectivity index (χ4v) is 2.06. The van der Waals surface area contributed by atoms with Crippen LogP contribution in [0.1, 0.15) is 51.2 Å². The monoisotopic (exact) mass is 194 g/mol. The van der Waals surface area contributed by atoms with E-state index in [0.717, 1.165) is 25.2 Å². The molecule has 78 valence electrons. The van der Waals surface area contributed by atoms with E-state index < -0.39 is 0 Å². The lowest BCUT2D eigenvalue weighted by molar-refractivity contribution is 0.132. The topological polar surface area (TPSA) is 38.0 Å². The highest BCUT2D eigenvalue weighted by molar-refractivity contribution is 5.17. The Kier molecular flexibility index (Phi) is 2.14. The molecule has 3 nitrogen and oxygen atoms in total. The van der Waals surface area contributed by atoms with Crippen LogP contribution < -0.4 is 0 Å². The van der Waals surface area contributed by atoms with Crippen molar-refractivity contribution in [2.75, 3.05) is 0 Å². The van der Waals surface area contributed by atoms with Crippen molar-refractivity contribution in [3.8, 4) is 0 Å². The lowest BCUT2D eigenvalue weighted by Gasteiger charge is -2.26. The molecule has 0 radical (unpaired) electrons. The van der Waals surface area contributed by atoms with Crippen LogP contribution in [-0.2, 0) is 12.0 Å². The van der Waals surface area contributed by atoms with Crippen LogP contribution in [0.25, 0.3) is 0 Å². The quantitative estimate of drug-likeness (QED) is 0.686. The zero-order valence-electron chi connectivity index (χ0n) is 9.12. The molecule has 0 spiro atoms. The fourth-order valence-electron chi connectivity index (χ4n) is 2.06. The van der Waals surface area contributed by atoms with Crippen LogP contribution in [0.15, 0.2) is 6.20 Å². The molecule has 0 aliphatic carbocycles. The van der Waals surface area contributed by atoms with Gasteiger partial charge in [0.25, 0.3) is 0 Å². The normalized spacial score (nSPS) is 22.1. The van der Waals surface area contributed by atoms with E-state index >= 15 is 0 Å². The molecule has 14 heavy (non-hydrogen) atoms. The third kappa shape index (κ3) is 1.46. The van der Waals surface area contributed by atoms with Crippen LogP contribution in [-0.4, -0.2) is 14.7 Å². The third-order valence-electron chi connectivity index (χ3n) is 2.81. The molecule has 1 unspecified atom stereocenters. The van der Waals surface area contributed by atoms with Crippen LogP contribution >= 0.6 is 0 Å². The Morgan fingerprint density at radius 3 is 2.86 bits per heavy atom. The summed E-state index contributed by atoms with van der Waals surface area (Å²) >= 11 is 0. The highest BCUT2D eigenvalue weighted by Gasteiger charge is 2.26. The van der Waals surface area contributed by atoms with Gasteiger partial charge in [-0.15, -0.1) is 0 Å². The molecule has 1 aliphatic heterocycles. The standard InChI is InChI=1S/C11H18N2O/c1-11(2,3)9-7-12-10-8(14)5-4-6-13(9)10/h7-8,14H,4-6H2,1-3H3. The zero-order valence-corrected chi connectivity index (χ0v) is 9.12. The summed E-state index contributed by atoms with van der Waals surface area (Å²) in [6.45, 7) is 7.54. The maximum absolute atomic E-state index is 9.76. The van der Waals surface area contributed by atoms with E-state index in [0.29, 0.717) is 0 Å². The van der Waals surface area contributed by atoms with Gasteiger partial charge in [0.15, 0.2) is 0 Å². The number of nitrogens with zero attached hydrogens (tertiary/aromatic N) is 2. The van der Waals surface area contributed by atoms with Crippen molar-refractivity contribution >= 4 is 0 Å². The van der Waals surface area contributed by atoms with Crippen molar-refractivity contribution in [3.05, 3.63) is 17.7 Å². The molecule has 1 N–H and O–H groups in total. The Morgan fingerprint density at radius 2 is 2.21 bits per heavy atom. The molecule has 1 aromatic heterocycles. The first kappa shape index (κ1) is 9.71. The molecule has 0 fully saturated rings. The van der Waals surface area contributed by atoms with Gasteiger partial charge in [0, 0.05) is 23.9 Å². The highest BCUT2D eigenvalue weighted by atomic mass is 16.3. The first-order valence-corrected chi connectivity index (χ1v) is 5.24. The number of aliphatic hydroxyl groups is 1. The summed E-state index contributed by atoms with van der Waals surface area (Å²) in [6.07, 6.45) is 3.44. The number of hydrogen-bond acceptors (Lipinski definition) is 2. The molecule has 0 bridgehead atoms. The predicted molar refractivity (Wildman–Crippen MR) is 55.1 cm³/mol. The van der Waals surface area contributed by atoms with Gasteiger partial charge in [-0.05, 0) is 12.8 Å². The van der Waals surface area contributed by atoms with Gasteiger partial charge in [-0.1, -0.05) is 20.8 Å². The minimum Gasteiger partial charge on any atom is -0.385 e. The Labute approximate surface area is 84.8 Å². The Balaban J connectivity index is 2.46. The van der Waals surface area contributed by atoms with Crippen molar-refractivity contribution < 1.29 is 5.11 Å². The van der Waals surface area contributed by atoms with Crippen molar-refractivity contribution in [3.63, 3.8) is 0 Å². The molecular formula is C11H18N2O. The molecule has 2 rings (SSSR count). The second kappa shape index (κ2) is 3.09. The molecule has 1 aromatic rings. The Hall–Kier alpha value is -0.830. The molecule has 0 aromatic carbocycles. The number of hydrogen-bond donors (Lipinski definition) is 1. The maximum Gasteiger partial charge on any atom is 0.137 e. The van der Waals surface area contributed by atoms with Gasteiger partial charge in [0.2, 0.25) is 0 Å². The van der Waals surface area contributed by atoms with E-state index in [-0.39, 0.29) is 11.5 Å². The van der Waals surface area contributed by atoms with Gasteiger partial charge < -0.3 is 9.67 Å². The second-order valence-corrected chi connectivity index (χ2v) is 5.06. The molecule has 0 saturated carbocycles. The van der Waals surface area contributed by atoms with Gasteiger partial charge in [0.1, 0.15) is 11.9 Å². The van der Waals surface area contributed by atoms with Crippen molar-refractivity contribution in [1.29, 1.82) is 0 Å². The SMILES string of the molecule is CC(C)(C)c1cnc2n1CCCC2O. The first-order valence-electron chi connectivity index (χ1n) is 5.24. The van der Waals surface area contributed by atoms with Crippen molar-refractivity contribution in [2.24, 2.45) is 0 Å². The summed E-state index contributed by atoms with van der Waals surface area (Å²) in [4.78, 5) is 4.32. The summed E-state index contributed by atoms with van der Waals surface area (Å²) in [5, 5.41) is 9.76. The second-order valence-electron chi connectivity index (χ2n) is 5.06. The van der Waals surface area contributed by atoms with Gasteiger partial charge in [-0.25, -0.2) is 4.98 Å². The fraction of sp³-hybridized carbons (Fsp3) is 0.727. The van der Waals surface area contributed by atoms with E-state index in [1.54, 1.807) is 0 Å². The highest BCUT2D eigenvalue weighted by Crippen LogP contribution is 2.30. The van der Waals surface area contributed by atoms with E-state index in [9.17, 15) is 5.11 Å². The number of aromatic nitrogens is 2. The number of rotatable bonds is 0. The smallest absolute Gasteiger partial charge is 0.137 e. The molecule has 1 atom stereocenters. The first-order chi connectivity index (χ1) is 6.50. The van der Waals surface area contributed by atoms with Gasteiger partial charge in [-0.3, -0.25) is 0 Å². The summed E-state index contributed by atoms with van der Waals surface area (Å²) in [5.74, 6) is 0.848. The average molecular weight is 194 g/mol. The van der Waals surface area contributed by atoms with Crippen LogP contribution in [0.5, 0.6) is 0 Å². The minimum atomic E-state index is -0.361. The lowest BCUT2D eigenvalue weighted by Crippen LogP contribution is -2.23. The maximum atomic E-state index is 9.76. The van der Waals surface area contributed by atoms with Crippen molar-refractivity contribution in [1.82, 2.24) is 9.55 Å². The van der Waals surface area contributed by atoms with Crippen LogP contribution in [0.4, 0.5) is 0 Å². The van der Waals surface area contributed by atoms with Crippen LogP contribution in [0, 0.1) is 0 Å². The zero-order chi connectivity index (χ0) is 10.3. The van der Waals surface area contributed by atoms with E-state index in [1.807, 2.05) is 6.20 Å². The van der Waals surface area contributed by atoms with E-state index in [4.69, 9.17) is 0 Å². The lowest BCUT2D eigenvalue weighted by atomic mass is 9.92. The Morgan fingerprint density at radius 1 is 1.50 bits per heavy atom. The van der Waals surface area contributed by atoms with Crippen LogP contribution in [0.3, 0.4) is 0 Å². The number of aliphatic hydroxyl groups excluding tert-OH is 1. The molecule has 1 aliphatic rings. The Bertz CT molecular complexity index is 336. The summed E-state index contributed by atoms with van der Waals surface area (Å²) in [5.41, 5.74) is 1.34. The van der Waals surface area contributed by atoms with Gasteiger partial charge >= 0.3 is 0 Å². The molecule has 0 saturated heterocycles. The molecular weight excluding hydrogens is 176 g/mol. The summed E-state index contributed by atoms with van der Waals surface area (Å²) < 4.78 is 2.17. The molecule has 3 heteroatoms. The number of imidazole rings is 1. The van der Waals surface area contributed by atoms with Gasteiger partial charge in [0.05, 0.1) is 0 Å². The third-order valence-corrected chi connectivity index (χ3v) is 2.81. The van der Waals surface area contributed by atoms with Crippen LogP contribution in [0.2, 0.25) is 0 Å². The largest absolute Gasteiger partial charge is 0.385 e. The summed E-state index contributed by atoms with van der Waals surface area (Å²) in [7, 11) is 0. The summed E-state index contributed by atoms with van der Waals surface area (Å²) in [6, 6.07) is 0. The number of fused-ring (bicyclic) bond motifs is 1. The minimum absolute atomic E-state index is 0.113. The predicted octanol–water partition coefficient (Wildman–Crippen LogP) is 2.01. The van der Waals surface area contributed by atoms with Gasteiger partial charge in [-0.2, -0.15) is 0 Å². The molecule has 2 heterocycles.